The van der Waals surface area contributed by atoms with Gasteiger partial charge in [0.2, 0.25) is 5.91 Å². The maximum atomic E-state index is 13.1. The highest BCUT2D eigenvalue weighted by Crippen LogP contribution is 2.52. The second-order valence-electron chi connectivity index (χ2n) is 10.5. The summed E-state index contributed by atoms with van der Waals surface area (Å²) < 4.78 is 13.2. The SMILES string of the molecule is CC(C)(C)OC(=O)N1C[C@@H]2C(C(=O)NC(C)(C)c3ncc4c5c(ccn34)CCO5)[C@@H]2C1. The van der Waals surface area contributed by atoms with Crippen molar-refractivity contribution in [2.75, 3.05) is 19.7 Å². The molecule has 2 amide bonds. The number of pyridine rings is 1. The van der Waals surface area contributed by atoms with E-state index in [-0.39, 0.29) is 29.8 Å². The van der Waals surface area contributed by atoms with Gasteiger partial charge in [0.1, 0.15) is 22.7 Å². The van der Waals surface area contributed by atoms with Crippen molar-refractivity contribution in [2.24, 2.45) is 17.8 Å². The first-order valence-electron chi connectivity index (χ1n) is 11.0. The summed E-state index contributed by atoms with van der Waals surface area (Å²) in [5, 5.41) is 3.19. The van der Waals surface area contributed by atoms with Crippen molar-refractivity contribution < 1.29 is 19.1 Å². The van der Waals surface area contributed by atoms with Crippen LogP contribution in [-0.2, 0) is 21.5 Å². The summed E-state index contributed by atoms with van der Waals surface area (Å²) in [6.45, 7) is 11.4. The molecule has 2 fully saturated rings. The molecule has 8 nitrogen and oxygen atoms in total. The second kappa shape index (κ2) is 6.61. The summed E-state index contributed by atoms with van der Waals surface area (Å²) in [7, 11) is 0. The minimum Gasteiger partial charge on any atom is -0.491 e. The number of ether oxygens (including phenoxy) is 2. The van der Waals surface area contributed by atoms with Gasteiger partial charge in [-0.05, 0) is 52.5 Å². The molecule has 8 heteroatoms. The lowest BCUT2D eigenvalue weighted by Crippen LogP contribution is -2.45. The molecule has 5 rings (SSSR count). The van der Waals surface area contributed by atoms with E-state index in [0.717, 1.165) is 23.5 Å². The third-order valence-corrected chi connectivity index (χ3v) is 6.51. The molecule has 166 valence electrons. The van der Waals surface area contributed by atoms with Gasteiger partial charge in [0.05, 0.1) is 18.3 Å². The number of imidazole rings is 1. The number of hydrogen-bond donors (Lipinski definition) is 1. The van der Waals surface area contributed by atoms with Gasteiger partial charge in [0.15, 0.2) is 0 Å². The number of nitrogens with zero attached hydrogens (tertiary/aromatic N) is 3. The summed E-state index contributed by atoms with van der Waals surface area (Å²) in [5.41, 5.74) is 0.978. The fourth-order valence-corrected chi connectivity index (χ4v) is 5.01. The van der Waals surface area contributed by atoms with Crippen molar-refractivity contribution >= 4 is 17.5 Å². The minimum absolute atomic E-state index is 0.0259. The Hall–Kier alpha value is -2.77. The number of nitrogens with one attached hydrogen (secondary N) is 1. The molecule has 31 heavy (non-hydrogen) atoms. The number of hydrogen-bond acceptors (Lipinski definition) is 5. The van der Waals surface area contributed by atoms with Crippen molar-refractivity contribution in [3.05, 3.63) is 29.8 Å². The molecule has 3 atom stereocenters. The van der Waals surface area contributed by atoms with Crippen LogP contribution in [0, 0.1) is 17.8 Å². The third kappa shape index (κ3) is 3.42. The predicted molar refractivity (Wildman–Crippen MR) is 114 cm³/mol. The molecule has 0 aromatic carbocycles. The molecule has 0 bridgehead atoms. The van der Waals surface area contributed by atoms with Crippen LogP contribution < -0.4 is 10.1 Å². The topological polar surface area (TPSA) is 85.2 Å². The van der Waals surface area contributed by atoms with E-state index in [9.17, 15) is 9.59 Å². The Kier molecular flexibility index (Phi) is 4.30. The molecular formula is C23H30N4O4. The maximum Gasteiger partial charge on any atom is 0.410 e. The van der Waals surface area contributed by atoms with Crippen molar-refractivity contribution in [3.63, 3.8) is 0 Å². The van der Waals surface area contributed by atoms with Crippen molar-refractivity contribution in [1.29, 1.82) is 0 Å². The van der Waals surface area contributed by atoms with Gasteiger partial charge in [0, 0.05) is 37.2 Å². The number of likely N-dealkylation sites (tertiary alicyclic amines) is 1. The van der Waals surface area contributed by atoms with Gasteiger partial charge in [0.25, 0.3) is 0 Å². The van der Waals surface area contributed by atoms with Crippen LogP contribution in [0.25, 0.3) is 5.52 Å². The Bertz CT molecular complexity index is 1060. The normalized spacial score (nSPS) is 24.5. The van der Waals surface area contributed by atoms with Crippen molar-refractivity contribution in [1.82, 2.24) is 19.6 Å². The maximum absolute atomic E-state index is 13.1. The monoisotopic (exact) mass is 426 g/mol. The number of piperidine rings is 1. The molecule has 2 aromatic rings. The molecule has 1 saturated heterocycles. The molecule has 1 N–H and O–H groups in total. The number of carbonyl (C=O) groups is 2. The molecule has 2 aliphatic heterocycles. The molecule has 0 spiro atoms. The van der Waals surface area contributed by atoms with Gasteiger partial charge in [-0.15, -0.1) is 0 Å². The predicted octanol–water partition coefficient (Wildman–Crippen LogP) is 2.73. The molecule has 0 radical (unpaired) electrons. The molecule has 4 heterocycles. The van der Waals surface area contributed by atoms with E-state index in [4.69, 9.17) is 9.47 Å². The Labute approximate surface area is 181 Å². The Balaban J connectivity index is 1.25. The zero-order valence-corrected chi connectivity index (χ0v) is 18.8. The number of rotatable bonds is 3. The average Bonchev–Trinajstić information content (AvgIpc) is 3.11. The van der Waals surface area contributed by atoms with Gasteiger partial charge >= 0.3 is 6.09 Å². The largest absolute Gasteiger partial charge is 0.491 e. The van der Waals surface area contributed by atoms with Crippen LogP contribution in [0.3, 0.4) is 0 Å². The molecule has 1 aliphatic carbocycles. The van der Waals surface area contributed by atoms with Crippen LogP contribution in [0.4, 0.5) is 4.79 Å². The van der Waals surface area contributed by atoms with Gasteiger partial charge in [-0.2, -0.15) is 0 Å². The first-order chi connectivity index (χ1) is 14.5. The summed E-state index contributed by atoms with van der Waals surface area (Å²) in [6, 6.07) is 2.06. The van der Waals surface area contributed by atoms with Crippen molar-refractivity contribution in [2.45, 2.75) is 52.2 Å². The molecule has 1 saturated carbocycles. The summed E-state index contributed by atoms with van der Waals surface area (Å²) >= 11 is 0. The standard InChI is InChI=1S/C23H30N4O4/c1-22(2,3)31-21(29)26-11-14-15(12-26)17(14)19(28)25-23(4,5)20-24-10-16-18-13(7-9-30-18)6-8-27(16)20/h6,8,10,14-15,17H,7,9,11-12H2,1-5H3,(H,25,28)/t14-,15+,17?. The minimum atomic E-state index is -0.641. The van der Waals surface area contributed by atoms with E-state index in [2.05, 4.69) is 16.4 Å². The number of fused-ring (bicyclic) bond motifs is 4. The Morgan fingerprint density at radius 3 is 2.58 bits per heavy atom. The highest BCUT2D eigenvalue weighted by molar-refractivity contribution is 5.84. The fraction of sp³-hybridized carbons (Fsp3) is 0.609. The van der Waals surface area contributed by atoms with E-state index in [0.29, 0.717) is 19.7 Å². The van der Waals surface area contributed by atoms with Crippen LogP contribution >= 0.6 is 0 Å². The number of carbonyl (C=O) groups excluding carboxylic acids is 2. The lowest BCUT2D eigenvalue weighted by Gasteiger charge is -2.27. The van der Waals surface area contributed by atoms with E-state index in [1.54, 1.807) is 4.90 Å². The second-order valence-corrected chi connectivity index (χ2v) is 10.5. The Morgan fingerprint density at radius 1 is 1.19 bits per heavy atom. The van der Waals surface area contributed by atoms with Gasteiger partial charge in [-0.3, -0.25) is 9.20 Å². The van der Waals surface area contributed by atoms with Gasteiger partial charge < -0.3 is 19.7 Å². The average molecular weight is 427 g/mol. The summed E-state index contributed by atoms with van der Waals surface area (Å²) in [4.78, 5) is 31.7. The Morgan fingerprint density at radius 2 is 1.90 bits per heavy atom. The smallest absolute Gasteiger partial charge is 0.410 e. The summed E-state index contributed by atoms with van der Waals surface area (Å²) in [6.07, 6.45) is 4.44. The third-order valence-electron chi connectivity index (χ3n) is 6.51. The summed E-state index contributed by atoms with van der Waals surface area (Å²) in [5.74, 6) is 2.04. The fourth-order valence-electron chi connectivity index (χ4n) is 5.01. The molecule has 2 aromatic heterocycles. The zero-order chi connectivity index (χ0) is 22.1. The molecule has 1 unspecified atom stereocenters. The van der Waals surface area contributed by atoms with E-state index in [1.807, 2.05) is 51.4 Å². The first kappa shape index (κ1) is 20.2. The zero-order valence-electron chi connectivity index (χ0n) is 18.8. The number of amides is 2. The van der Waals surface area contributed by atoms with Crippen LogP contribution in [0.1, 0.15) is 46.0 Å². The van der Waals surface area contributed by atoms with E-state index in [1.165, 1.54) is 5.56 Å². The highest BCUT2D eigenvalue weighted by atomic mass is 16.6. The number of aromatic nitrogens is 2. The first-order valence-corrected chi connectivity index (χ1v) is 11.0. The van der Waals surface area contributed by atoms with Gasteiger partial charge in [-0.25, -0.2) is 9.78 Å². The molecule has 3 aliphatic rings. The van der Waals surface area contributed by atoms with E-state index < -0.39 is 11.1 Å². The van der Waals surface area contributed by atoms with Crippen LogP contribution in [0.15, 0.2) is 18.5 Å². The molecular weight excluding hydrogens is 396 g/mol. The lowest BCUT2D eigenvalue weighted by molar-refractivity contribution is -0.125. The quantitative estimate of drug-likeness (QED) is 0.816. The van der Waals surface area contributed by atoms with Crippen LogP contribution in [0.2, 0.25) is 0 Å². The van der Waals surface area contributed by atoms with E-state index >= 15 is 0 Å². The van der Waals surface area contributed by atoms with Crippen LogP contribution in [-0.4, -0.2) is 51.6 Å². The van der Waals surface area contributed by atoms with Crippen molar-refractivity contribution in [3.8, 4) is 5.75 Å². The van der Waals surface area contributed by atoms with Crippen LogP contribution in [0.5, 0.6) is 5.75 Å². The lowest BCUT2D eigenvalue weighted by atomic mass is 10.0. The highest BCUT2D eigenvalue weighted by Gasteiger charge is 2.61. The van der Waals surface area contributed by atoms with Gasteiger partial charge in [-0.1, -0.05) is 0 Å².